The number of benzene rings is 1. The summed E-state index contributed by atoms with van der Waals surface area (Å²) < 4.78 is 37.9. The Morgan fingerprint density at radius 2 is 1.66 bits per heavy atom. The minimum Gasteiger partial charge on any atom is -0.459 e. The Balaban J connectivity index is 1.74. The Morgan fingerprint density at radius 3 is 2.27 bits per heavy atom. The van der Waals surface area contributed by atoms with Crippen LogP contribution in [0.5, 0.6) is 0 Å². The molecule has 6 N–H and O–H groups in total. The van der Waals surface area contributed by atoms with Crippen LogP contribution in [0, 0.1) is 27.9 Å². The van der Waals surface area contributed by atoms with Gasteiger partial charge in [-0.15, -0.1) is 0 Å². The number of carbonyl (C=O) groups excluding carboxylic acids is 2. The molecule has 1 unspecified atom stereocenters. The quantitative estimate of drug-likeness (QED) is 0.0679. The molecule has 384 valence electrons. The SMILES string of the molecule is CCC1OC(=O)[C@H](C)[C@@H](O[C@H]2C[C@@](C)(OC)[C@@H](O)[C@H](C)O2)[C@H](C)[C@@H](O[C@H]2O[C@@H](C)C[C@@H](N(C)C)[C@@H]2O)[C@](C)(O)C[C@@H](C)CN(CCCNC(=O)Cc2ccccc2[N+](=O)[O-])[C@H](C)[C@@H](O)[C@]1(C)O. The fourth-order valence-electron chi connectivity index (χ4n) is 10.5. The molecule has 3 aliphatic heterocycles. The summed E-state index contributed by atoms with van der Waals surface area (Å²) in [4.78, 5) is 42.3. The second kappa shape index (κ2) is 23.8. The van der Waals surface area contributed by atoms with Crippen LogP contribution in [0.4, 0.5) is 5.69 Å². The van der Waals surface area contributed by atoms with Gasteiger partial charge in [0.05, 0.1) is 52.9 Å². The lowest BCUT2D eigenvalue weighted by atomic mass is 9.77. The third kappa shape index (κ3) is 13.9. The summed E-state index contributed by atoms with van der Waals surface area (Å²) in [5, 5.41) is 74.2. The molecule has 3 fully saturated rings. The van der Waals surface area contributed by atoms with Crippen molar-refractivity contribution >= 4 is 17.6 Å². The zero-order valence-corrected chi connectivity index (χ0v) is 42.0. The Kier molecular flexibility index (Phi) is 20.1. The molecule has 0 radical (unpaired) electrons. The second-order valence-corrected chi connectivity index (χ2v) is 20.5. The number of methoxy groups -OCH3 is 1. The molecule has 19 nitrogen and oxygen atoms in total. The number of cyclic esters (lactones) is 1. The van der Waals surface area contributed by atoms with Gasteiger partial charge in [0, 0.05) is 62.8 Å². The molecule has 67 heavy (non-hydrogen) atoms. The number of hydrogen-bond acceptors (Lipinski definition) is 17. The molecule has 0 aliphatic carbocycles. The van der Waals surface area contributed by atoms with E-state index in [4.69, 9.17) is 28.4 Å². The molecule has 0 spiro atoms. The molecule has 1 amide bonds. The zero-order valence-electron chi connectivity index (χ0n) is 42.0. The number of para-hydroxylation sites is 1. The van der Waals surface area contributed by atoms with Crippen molar-refractivity contribution in [3.05, 3.63) is 39.9 Å². The van der Waals surface area contributed by atoms with Gasteiger partial charge in [0.15, 0.2) is 12.6 Å². The highest BCUT2D eigenvalue weighted by atomic mass is 16.7. The van der Waals surface area contributed by atoms with E-state index in [0.717, 1.165) is 0 Å². The number of aliphatic hydroxyl groups excluding tert-OH is 3. The van der Waals surface area contributed by atoms with Gasteiger partial charge in [-0.25, -0.2) is 0 Å². The van der Waals surface area contributed by atoms with Crippen molar-refractivity contribution in [3.63, 3.8) is 0 Å². The van der Waals surface area contributed by atoms with E-state index in [1.807, 2.05) is 37.7 Å². The summed E-state index contributed by atoms with van der Waals surface area (Å²) in [7, 11) is 5.20. The second-order valence-electron chi connectivity index (χ2n) is 20.5. The van der Waals surface area contributed by atoms with Crippen molar-refractivity contribution in [1.82, 2.24) is 15.1 Å². The summed E-state index contributed by atoms with van der Waals surface area (Å²) >= 11 is 0. The summed E-state index contributed by atoms with van der Waals surface area (Å²) in [6.07, 6.45) is -9.22. The maximum atomic E-state index is 14.5. The van der Waals surface area contributed by atoms with Crippen LogP contribution in [0.2, 0.25) is 0 Å². The lowest BCUT2D eigenvalue weighted by Crippen LogP contribution is -2.60. The Bertz CT molecular complexity index is 1770. The van der Waals surface area contributed by atoms with Gasteiger partial charge in [-0.1, -0.05) is 39.0 Å². The van der Waals surface area contributed by atoms with E-state index < -0.39 is 107 Å². The number of rotatable bonds is 14. The number of aliphatic hydroxyl groups is 5. The highest BCUT2D eigenvalue weighted by molar-refractivity contribution is 5.79. The van der Waals surface area contributed by atoms with Gasteiger partial charge in [0.25, 0.3) is 5.69 Å². The van der Waals surface area contributed by atoms with Crippen molar-refractivity contribution in [2.75, 3.05) is 40.8 Å². The lowest BCUT2D eigenvalue weighted by molar-refractivity contribution is -0.385. The average molecular weight is 955 g/mol. The predicted molar refractivity (Wildman–Crippen MR) is 248 cm³/mol. The van der Waals surface area contributed by atoms with Crippen molar-refractivity contribution in [2.45, 2.75) is 198 Å². The van der Waals surface area contributed by atoms with Gasteiger partial charge in [-0.2, -0.15) is 0 Å². The van der Waals surface area contributed by atoms with Crippen molar-refractivity contribution < 1.29 is 68.5 Å². The number of nitrogens with zero attached hydrogens (tertiary/aromatic N) is 3. The average Bonchev–Trinajstić information content (AvgIpc) is 3.25. The topological polar surface area (TPSA) is 252 Å². The van der Waals surface area contributed by atoms with Crippen LogP contribution < -0.4 is 5.32 Å². The van der Waals surface area contributed by atoms with Crippen LogP contribution in [-0.2, 0) is 44.4 Å². The lowest BCUT2D eigenvalue weighted by Gasteiger charge is -2.48. The molecule has 19 heteroatoms. The van der Waals surface area contributed by atoms with Crippen LogP contribution in [0.3, 0.4) is 0 Å². The van der Waals surface area contributed by atoms with Crippen LogP contribution in [0.1, 0.15) is 107 Å². The first-order chi connectivity index (χ1) is 31.2. The van der Waals surface area contributed by atoms with Gasteiger partial charge in [-0.3, -0.25) is 24.6 Å². The number of nitro groups is 1. The van der Waals surface area contributed by atoms with E-state index in [9.17, 15) is 45.2 Å². The van der Waals surface area contributed by atoms with Gasteiger partial charge in [-0.05, 0) is 94.2 Å². The summed E-state index contributed by atoms with van der Waals surface area (Å²) in [6, 6.07) is 4.98. The molecule has 0 bridgehead atoms. The molecule has 3 aliphatic rings. The van der Waals surface area contributed by atoms with E-state index >= 15 is 0 Å². The van der Waals surface area contributed by atoms with Gasteiger partial charge in [0.2, 0.25) is 5.91 Å². The first-order valence-electron chi connectivity index (χ1n) is 23.9. The van der Waals surface area contributed by atoms with E-state index in [0.29, 0.717) is 19.4 Å². The van der Waals surface area contributed by atoms with Crippen LogP contribution in [-0.4, -0.2) is 183 Å². The number of nitro benzene ring substituents is 1. The smallest absolute Gasteiger partial charge is 0.311 e. The Labute approximate surface area is 396 Å². The predicted octanol–water partition coefficient (Wildman–Crippen LogP) is 2.93. The summed E-state index contributed by atoms with van der Waals surface area (Å²) in [5.41, 5.74) is -4.60. The third-order valence-electron chi connectivity index (χ3n) is 14.5. The van der Waals surface area contributed by atoms with E-state index in [-0.39, 0.29) is 68.1 Å². The molecule has 18 atom stereocenters. The molecular weight excluding hydrogens is 873 g/mol. The number of ether oxygens (including phenoxy) is 6. The molecule has 4 rings (SSSR count). The Hall–Kier alpha value is -2.92. The van der Waals surface area contributed by atoms with Gasteiger partial charge < -0.3 is 64.2 Å². The first kappa shape index (κ1) is 56.7. The van der Waals surface area contributed by atoms with Crippen molar-refractivity contribution in [3.8, 4) is 0 Å². The number of hydrogen-bond donors (Lipinski definition) is 6. The summed E-state index contributed by atoms with van der Waals surface area (Å²) in [6.45, 7) is 18.0. The van der Waals surface area contributed by atoms with Crippen LogP contribution >= 0.6 is 0 Å². The monoisotopic (exact) mass is 955 g/mol. The standard InChI is InChI=1S/C48H82N4O15/c1-14-36-48(10,59)41(55)31(6)51(21-17-20-49-37(53)23-33-18-15-16-19-34(33)52(60)61)26-27(2)24-46(8,58)43(67-45-39(54)35(50(11)12)22-28(3)63-45)29(4)40(30(5)44(57)65-36)66-38-25-47(9,62-13)42(56)32(7)64-38/h15-16,18-19,27-32,35-36,38-43,45,54-56,58-59H,14,17,20-26H2,1-13H3,(H,49,53)/t27-,28+,29+,30-,31-,32+,35-,36?,38+,39+,40+,41-,42+,43-,45-,46-,47-,48-/m1/s1. The normalized spacial score (nSPS) is 40.9. The van der Waals surface area contributed by atoms with E-state index in [2.05, 4.69) is 5.32 Å². The molecule has 0 saturated carbocycles. The van der Waals surface area contributed by atoms with Crippen molar-refractivity contribution in [2.24, 2.45) is 17.8 Å². The number of amides is 1. The molecule has 1 aromatic carbocycles. The van der Waals surface area contributed by atoms with Gasteiger partial charge in [0.1, 0.15) is 30.0 Å². The molecule has 3 saturated heterocycles. The Morgan fingerprint density at radius 1 is 1.00 bits per heavy atom. The maximum absolute atomic E-state index is 14.5. The largest absolute Gasteiger partial charge is 0.459 e. The van der Waals surface area contributed by atoms with E-state index in [1.165, 1.54) is 32.2 Å². The highest BCUT2D eigenvalue weighted by Gasteiger charge is 2.53. The van der Waals surface area contributed by atoms with E-state index in [1.54, 1.807) is 54.5 Å². The fourth-order valence-corrected chi connectivity index (χ4v) is 10.5. The fraction of sp³-hybridized carbons (Fsp3) is 0.833. The number of likely N-dealkylation sites (N-methyl/N-ethyl adjacent to an activating group) is 1. The zero-order chi connectivity index (χ0) is 50.3. The minimum absolute atomic E-state index is 0.0802. The maximum Gasteiger partial charge on any atom is 0.311 e. The molecule has 0 aromatic heterocycles. The minimum atomic E-state index is -1.96. The molecule has 3 heterocycles. The molecule has 1 aromatic rings. The number of nitrogens with one attached hydrogen (secondary N) is 1. The van der Waals surface area contributed by atoms with Crippen LogP contribution in [0.25, 0.3) is 0 Å². The highest BCUT2D eigenvalue weighted by Crippen LogP contribution is 2.40. The summed E-state index contributed by atoms with van der Waals surface area (Å²) in [5.74, 6) is -3.41. The number of carbonyl (C=O) groups is 2. The molecular formula is C48H82N4O15. The van der Waals surface area contributed by atoms with Crippen LogP contribution in [0.15, 0.2) is 24.3 Å². The third-order valence-corrected chi connectivity index (χ3v) is 14.5. The number of esters is 1. The first-order valence-corrected chi connectivity index (χ1v) is 23.9. The van der Waals surface area contributed by atoms with Gasteiger partial charge >= 0.3 is 5.97 Å². The van der Waals surface area contributed by atoms with Crippen molar-refractivity contribution in [1.29, 1.82) is 0 Å².